The van der Waals surface area contributed by atoms with Crippen LogP contribution in [0.1, 0.15) is 19.4 Å². The van der Waals surface area contributed by atoms with Crippen molar-refractivity contribution in [2.45, 2.75) is 13.8 Å². The van der Waals surface area contributed by atoms with Crippen molar-refractivity contribution >= 4 is 17.6 Å². The normalized spacial score (nSPS) is 11.0. The molecule has 0 radical (unpaired) electrons. The van der Waals surface area contributed by atoms with Crippen molar-refractivity contribution in [1.82, 2.24) is 0 Å². The fourth-order valence-electron chi connectivity index (χ4n) is 2.88. The van der Waals surface area contributed by atoms with Gasteiger partial charge in [0.2, 0.25) is 0 Å². The van der Waals surface area contributed by atoms with Gasteiger partial charge in [-0.25, -0.2) is 0 Å². The molecule has 3 rings (SSSR count). The van der Waals surface area contributed by atoms with Gasteiger partial charge in [-0.1, -0.05) is 54.6 Å². The minimum absolute atomic E-state index is 0.975. The molecule has 0 spiro atoms. The smallest absolute Gasteiger partial charge is 0.0631 e. The molecular formula is C23H24N2. The Morgan fingerprint density at radius 3 is 1.92 bits per heavy atom. The molecule has 0 saturated carbocycles. The van der Waals surface area contributed by atoms with Gasteiger partial charge in [-0.05, 0) is 54.8 Å². The van der Waals surface area contributed by atoms with Crippen LogP contribution in [-0.2, 0) is 0 Å². The van der Waals surface area contributed by atoms with Gasteiger partial charge < -0.3 is 4.90 Å². The lowest BCUT2D eigenvalue weighted by atomic mass is 10.0. The lowest BCUT2D eigenvalue weighted by Crippen LogP contribution is -2.21. The van der Waals surface area contributed by atoms with Gasteiger partial charge in [0.25, 0.3) is 0 Å². The predicted molar refractivity (Wildman–Crippen MR) is 109 cm³/mol. The third-order valence-electron chi connectivity index (χ3n) is 4.36. The molecule has 2 heteroatoms. The van der Waals surface area contributed by atoms with E-state index in [9.17, 15) is 0 Å². The van der Waals surface area contributed by atoms with Crippen LogP contribution in [-0.4, -0.2) is 19.3 Å². The highest BCUT2D eigenvalue weighted by atomic mass is 15.1. The second-order valence-electron chi connectivity index (χ2n) is 5.93. The third-order valence-corrected chi connectivity index (χ3v) is 4.36. The van der Waals surface area contributed by atoms with Crippen molar-refractivity contribution in [3.8, 4) is 11.1 Å². The number of benzene rings is 3. The largest absolute Gasteiger partial charge is 0.372 e. The molecule has 3 aromatic rings. The predicted octanol–water partition coefficient (Wildman–Crippen LogP) is 5.95. The van der Waals surface area contributed by atoms with E-state index < -0.39 is 0 Å². The summed E-state index contributed by atoms with van der Waals surface area (Å²) in [6.07, 6.45) is 1.92. The fraction of sp³-hybridized carbons (Fsp3) is 0.174. The molecule has 2 nitrogen and oxygen atoms in total. The van der Waals surface area contributed by atoms with Crippen LogP contribution in [0, 0.1) is 0 Å². The van der Waals surface area contributed by atoms with Crippen LogP contribution in [0.15, 0.2) is 83.9 Å². The van der Waals surface area contributed by atoms with E-state index in [1.54, 1.807) is 0 Å². The van der Waals surface area contributed by atoms with Crippen LogP contribution in [0.25, 0.3) is 11.1 Å². The molecule has 0 atom stereocenters. The molecule has 0 N–H and O–H groups in total. The van der Waals surface area contributed by atoms with Crippen molar-refractivity contribution in [2.75, 3.05) is 18.0 Å². The van der Waals surface area contributed by atoms with Crippen LogP contribution < -0.4 is 4.90 Å². The molecule has 25 heavy (non-hydrogen) atoms. The number of aliphatic imine (C=N–C) groups is 1. The molecule has 0 aliphatic heterocycles. The highest BCUT2D eigenvalue weighted by molar-refractivity contribution is 5.83. The number of rotatable bonds is 6. The Hall–Kier alpha value is -2.87. The number of anilines is 1. The minimum atomic E-state index is 0.975. The molecule has 0 fully saturated rings. The average Bonchev–Trinajstić information content (AvgIpc) is 2.69. The van der Waals surface area contributed by atoms with Crippen molar-refractivity contribution in [3.63, 3.8) is 0 Å². The highest BCUT2D eigenvalue weighted by Gasteiger charge is 2.00. The van der Waals surface area contributed by atoms with Crippen LogP contribution in [0.3, 0.4) is 0 Å². The van der Waals surface area contributed by atoms with Crippen LogP contribution in [0.4, 0.5) is 11.4 Å². The first-order valence-corrected chi connectivity index (χ1v) is 8.84. The Bertz CT molecular complexity index is 799. The molecule has 0 aliphatic carbocycles. The van der Waals surface area contributed by atoms with E-state index in [1.807, 2.05) is 12.3 Å². The molecule has 0 aromatic heterocycles. The van der Waals surface area contributed by atoms with E-state index in [-0.39, 0.29) is 0 Å². The summed E-state index contributed by atoms with van der Waals surface area (Å²) < 4.78 is 0. The Labute approximate surface area is 150 Å². The molecule has 0 heterocycles. The maximum Gasteiger partial charge on any atom is 0.0631 e. The van der Waals surface area contributed by atoms with Crippen molar-refractivity contribution in [1.29, 1.82) is 0 Å². The summed E-state index contributed by atoms with van der Waals surface area (Å²) in [5.74, 6) is 0. The van der Waals surface area contributed by atoms with Crippen molar-refractivity contribution < 1.29 is 0 Å². The molecule has 0 amide bonds. The van der Waals surface area contributed by atoms with Gasteiger partial charge >= 0.3 is 0 Å². The molecule has 126 valence electrons. The zero-order chi connectivity index (χ0) is 17.5. The lowest BCUT2D eigenvalue weighted by Gasteiger charge is -2.20. The maximum absolute atomic E-state index is 4.59. The van der Waals surface area contributed by atoms with Gasteiger partial charge in [-0.3, -0.25) is 4.99 Å². The van der Waals surface area contributed by atoms with Crippen molar-refractivity contribution in [2.24, 2.45) is 4.99 Å². The monoisotopic (exact) mass is 328 g/mol. The molecule has 0 bridgehead atoms. The summed E-state index contributed by atoms with van der Waals surface area (Å²) in [5.41, 5.74) is 5.78. The molecule has 0 aliphatic rings. The minimum Gasteiger partial charge on any atom is -0.372 e. The number of hydrogen-bond acceptors (Lipinski definition) is 2. The SMILES string of the molecule is CCN(CC)c1ccc(N=Cc2ccc(-c3ccccc3)cc2)cc1. The van der Waals surface area contributed by atoms with Crippen LogP contribution in [0.2, 0.25) is 0 Å². The zero-order valence-corrected chi connectivity index (χ0v) is 14.9. The summed E-state index contributed by atoms with van der Waals surface area (Å²) in [7, 11) is 0. The summed E-state index contributed by atoms with van der Waals surface area (Å²) in [6, 6.07) is 27.3. The first kappa shape index (κ1) is 17.0. The van der Waals surface area contributed by atoms with E-state index in [1.165, 1.54) is 16.8 Å². The van der Waals surface area contributed by atoms with Gasteiger partial charge in [0.1, 0.15) is 0 Å². The summed E-state index contributed by atoms with van der Waals surface area (Å²) >= 11 is 0. The average molecular weight is 328 g/mol. The molecule has 3 aromatic carbocycles. The van der Waals surface area contributed by atoms with Gasteiger partial charge in [-0.15, -0.1) is 0 Å². The quantitative estimate of drug-likeness (QED) is 0.510. The fourth-order valence-corrected chi connectivity index (χ4v) is 2.88. The summed E-state index contributed by atoms with van der Waals surface area (Å²) in [5, 5.41) is 0. The van der Waals surface area contributed by atoms with Crippen LogP contribution >= 0.6 is 0 Å². The third kappa shape index (κ3) is 4.36. The van der Waals surface area contributed by atoms with E-state index in [0.29, 0.717) is 0 Å². The van der Waals surface area contributed by atoms with E-state index in [4.69, 9.17) is 0 Å². The topological polar surface area (TPSA) is 15.6 Å². The zero-order valence-electron chi connectivity index (χ0n) is 14.9. The van der Waals surface area contributed by atoms with Crippen molar-refractivity contribution in [3.05, 3.63) is 84.4 Å². The lowest BCUT2D eigenvalue weighted by molar-refractivity contribution is 0.866. The Kier molecular flexibility index (Phi) is 5.63. The second-order valence-corrected chi connectivity index (χ2v) is 5.93. The second kappa shape index (κ2) is 8.29. The van der Waals surface area contributed by atoms with E-state index >= 15 is 0 Å². The Balaban J connectivity index is 1.69. The van der Waals surface area contributed by atoms with Gasteiger partial charge in [0.05, 0.1) is 5.69 Å². The maximum atomic E-state index is 4.59. The van der Waals surface area contributed by atoms with Gasteiger partial charge in [-0.2, -0.15) is 0 Å². The standard InChI is InChI=1S/C23H24N2/c1-3-25(4-2)23-16-14-22(15-17-23)24-18-19-10-12-21(13-11-19)20-8-6-5-7-9-20/h5-18H,3-4H2,1-2H3. The van der Waals surface area contributed by atoms with E-state index in [2.05, 4.69) is 96.5 Å². The van der Waals surface area contributed by atoms with Gasteiger partial charge in [0.15, 0.2) is 0 Å². The number of hydrogen-bond donors (Lipinski definition) is 0. The molecule has 0 unspecified atom stereocenters. The molecule has 0 saturated heterocycles. The van der Waals surface area contributed by atoms with Crippen LogP contribution in [0.5, 0.6) is 0 Å². The summed E-state index contributed by atoms with van der Waals surface area (Å²) in [6.45, 7) is 6.39. The Morgan fingerprint density at radius 2 is 1.32 bits per heavy atom. The van der Waals surface area contributed by atoms with Gasteiger partial charge in [0, 0.05) is 25.0 Å². The highest BCUT2D eigenvalue weighted by Crippen LogP contribution is 2.21. The number of nitrogens with zero attached hydrogens (tertiary/aromatic N) is 2. The Morgan fingerprint density at radius 1 is 0.720 bits per heavy atom. The van der Waals surface area contributed by atoms with E-state index in [0.717, 1.165) is 24.3 Å². The summed E-state index contributed by atoms with van der Waals surface area (Å²) in [4.78, 5) is 6.92. The first-order chi connectivity index (χ1) is 12.3. The first-order valence-electron chi connectivity index (χ1n) is 8.84. The molecular weight excluding hydrogens is 304 g/mol.